The predicted molar refractivity (Wildman–Crippen MR) is 66.9 cm³/mol. The third-order valence-corrected chi connectivity index (χ3v) is 5.43. The van der Waals surface area contributed by atoms with Gasteiger partial charge in [-0.2, -0.15) is 0 Å². The zero-order valence-electron chi connectivity index (χ0n) is 10.1. The molecule has 1 aromatic carbocycles. The molecule has 1 fully saturated rings. The lowest BCUT2D eigenvalue weighted by molar-refractivity contribution is -0.123. The van der Waals surface area contributed by atoms with E-state index in [2.05, 4.69) is 31.2 Å². The molecule has 1 spiro atoms. The van der Waals surface area contributed by atoms with Crippen molar-refractivity contribution in [2.24, 2.45) is 5.41 Å². The van der Waals surface area contributed by atoms with E-state index in [1.165, 1.54) is 23.1 Å². The van der Waals surface area contributed by atoms with Crippen LogP contribution in [0.25, 0.3) is 0 Å². The van der Waals surface area contributed by atoms with Crippen molar-refractivity contribution in [3.05, 3.63) is 47.0 Å². The van der Waals surface area contributed by atoms with Gasteiger partial charge < -0.3 is 0 Å². The number of rotatable bonds is 0. The molecule has 2 atom stereocenters. The Morgan fingerprint density at radius 2 is 2.00 bits per heavy atom. The Hall–Kier alpha value is -1.37. The highest BCUT2D eigenvalue weighted by molar-refractivity contribution is 6.02. The molecule has 4 rings (SSSR count). The predicted octanol–water partition coefficient (Wildman–Crippen LogP) is 3.18. The highest BCUT2D eigenvalue weighted by Crippen LogP contribution is 2.65. The zero-order valence-corrected chi connectivity index (χ0v) is 10.1. The standard InChI is InChI=1S/C16H16O/c1-15-7-4-8-16(15)12(10-14(15)17)9-11-5-2-3-6-13(11)16/h2-3,5-6,10H,4,7-9H2,1H3. The van der Waals surface area contributed by atoms with Gasteiger partial charge >= 0.3 is 0 Å². The quantitative estimate of drug-likeness (QED) is 0.661. The fourth-order valence-corrected chi connectivity index (χ4v) is 4.59. The van der Waals surface area contributed by atoms with E-state index in [0.29, 0.717) is 5.78 Å². The Morgan fingerprint density at radius 3 is 2.88 bits per heavy atom. The SMILES string of the molecule is CC12CCCC13C(=CC2=O)Cc1ccccc13. The molecule has 1 aromatic rings. The normalized spacial score (nSPS) is 37.7. The van der Waals surface area contributed by atoms with E-state index in [1.807, 2.05) is 6.08 Å². The fourth-order valence-electron chi connectivity index (χ4n) is 4.59. The number of carbonyl (C=O) groups excluding carboxylic acids is 1. The largest absolute Gasteiger partial charge is 0.294 e. The van der Waals surface area contributed by atoms with Crippen LogP contribution in [0.3, 0.4) is 0 Å². The number of ketones is 1. The van der Waals surface area contributed by atoms with Crippen molar-refractivity contribution in [1.29, 1.82) is 0 Å². The molecule has 1 heteroatoms. The van der Waals surface area contributed by atoms with Gasteiger partial charge in [-0.05, 0) is 36.5 Å². The van der Waals surface area contributed by atoms with Crippen LogP contribution in [-0.2, 0) is 16.6 Å². The Kier molecular flexibility index (Phi) is 1.54. The van der Waals surface area contributed by atoms with Crippen LogP contribution in [0, 0.1) is 5.41 Å². The van der Waals surface area contributed by atoms with Gasteiger partial charge in [-0.3, -0.25) is 4.79 Å². The second-order valence-corrected chi connectivity index (χ2v) is 5.96. The molecule has 17 heavy (non-hydrogen) atoms. The second-order valence-electron chi connectivity index (χ2n) is 5.96. The molecule has 0 amide bonds. The van der Waals surface area contributed by atoms with Gasteiger partial charge in [0.1, 0.15) is 0 Å². The van der Waals surface area contributed by atoms with E-state index >= 15 is 0 Å². The van der Waals surface area contributed by atoms with Gasteiger partial charge in [-0.25, -0.2) is 0 Å². The van der Waals surface area contributed by atoms with Gasteiger partial charge in [-0.15, -0.1) is 0 Å². The molecular weight excluding hydrogens is 208 g/mol. The minimum atomic E-state index is -0.144. The maximum Gasteiger partial charge on any atom is 0.162 e. The Bertz CT molecular complexity index is 569. The average molecular weight is 224 g/mol. The maximum absolute atomic E-state index is 12.3. The number of fused-ring (bicyclic) bond motifs is 1. The van der Waals surface area contributed by atoms with Crippen molar-refractivity contribution in [1.82, 2.24) is 0 Å². The van der Waals surface area contributed by atoms with Crippen molar-refractivity contribution in [2.75, 3.05) is 0 Å². The van der Waals surface area contributed by atoms with E-state index in [4.69, 9.17) is 0 Å². The lowest BCUT2D eigenvalue weighted by Crippen LogP contribution is -2.39. The van der Waals surface area contributed by atoms with Gasteiger partial charge in [0.2, 0.25) is 0 Å². The third-order valence-electron chi connectivity index (χ3n) is 5.43. The van der Waals surface area contributed by atoms with Crippen LogP contribution in [0.1, 0.15) is 37.3 Å². The van der Waals surface area contributed by atoms with E-state index < -0.39 is 0 Å². The van der Waals surface area contributed by atoms with Crippen molar-refractivity contribution < 1.29 is 4.79 Å². The molecule has 0 aromatic heterocycles. The van der Waals surface area contributed by atoms with Gasteiger partial charge in [0.25, 0.3) is 0 Å². The van der Waals surface area contributed by atoms with E-state index in [0.717, 1.165) is 19.3 Å². The summed E-state index contributed by atoms with van der Waals surface area (Å²) in [6.07, 6.45) is 6.36. The summed E-state index contributed by atoms with van der Waals surface area (Å²) >= 11 is 0. The van der Waals surface area contributed by atoms with Crippen LogP contribution in [-0.4, -0.2) is 5.78 Å². The number of carbonyl (C=O) groups is 1. The van der Waals surface area contributed by atoms with Crippen LogP contribution in [0.5, 0.6) is 0 Å². The first-order valence-electron chi connectivity index (χ1n) is 6.52. The van der Waals surface area contributed by atoms with Crippen LogP contribution in [0.4, 0.5) is 0 Å². The van der Waals surface area contributed by atoms with Crippen molar-refractivity contribution >= 4 is 5.78 Å². The Labute approximate surface area is 102 Å². The average Bonchev–Trinajstić information content (AvgIpc) is 2.88. The second kappa shape index (κ2) is 2.72. The lowest BCUT2D eigenvalue weighted by atomic mass is 9.64. The highest BCUT2D eigenvalue weighted by Gasteiger charge is 2.63. The smallest absolute Gasteiger partial charge is 0.162 e. The van der Waals surface area contributed by atoms with E-state index in [-0.39, 0.29) is 10.8 Å². The minimum absolute atomic E-state index is 0.0701. The van der Waals surface area contributed by atoms with E-state index in [1.54, 1.807) is 0 Å². The summed E-state index contributed by atoms with van der Waals surface area (Å²) in [5, 5.41) is 0. The molecule has 2 unspecified atom stereocenters. The first-order valence-corrected chi connectivity index (χ1v) is 6.52. The maximum atomic E-state index is 12.3. The molecule has 1 saturated carbocycles. The highest BCUT2D eigenvalue weighted by atomic mass is 16.1. The Balaban J connectivity index is 2.06. The molecule has 1 nitrogen and oxygen atoms in total. The summed E-state index contributed by atoms with van der Waals surface area (Å²) in [4.78, 5) is 12.3. The topological polar surface area (TPSA) is 17.1 Å². The number of benzene rings is 1. The Morgan fingerprint density at radius 1 is 1.18 bits per heavy atom. The summed E-state index contributed by atoms with van der Waals surface area (Å²) in [5.41, 5.74) is 4.20. The number of hydrogen-bond donors (Lipinski definition) is 0. The summed E-state index contributed by atoms with van der Waals surface area (Å²) in [6.45, 7) is 2.19. The number of hydrogen-bond acceptors (Lipinski definition) is 1. The van der Waals surface area contributed by atoms with Crippen LogP contribution < -0.4 is 0 Å². The van der Waals surface area contributed by atoms with E-state index in [9.17, 15) is 4.79 Å². The minimum Gasteiger partial charge on any atom is -0.294 e. The van der Waals surface area contributed by atoms with Crippen LogP contribution in [0.15, 0.2) is 35.9 Å². The number of allylic oxidation sites excluding steroid dienone is 2. The monoisotopic (exact) mass is 224 g/mol. The zero-order chi connectivity index (χ0) is 11.7. The first kappa shape index (κ1) is 9.64. The van der Waals surface area contributed by atoms with Crippen LogP contribution >= 0.6 is 0 Å². The molecule has 0 bridgehead atoms. The van der Waals surface area contributed by atoms with Gasteiger partial charge in [0, 0.05) is 10.8 Å². The van der Waals surface area contributed by atoms with Crippen molar-refractivity contribution in [3.8, 4) is 0 Å². The van der Waals surface area contributed by atoms with Crippen molar-refractivity contribution in [2.45, 2.75) is 38.0 Å². The molecule has 0 radical (unpaired) electrons. The molecular formula is C16H16O. The molecule has 0 N–H and O–H groups in total. The first-order chi connectivity index (χ1) is 8.18. The summed E-state index contributed by atoms with van der Waals surface area (Å²) in [7, 11) is 0. The van der Waals surface area contributed by atoms with Crippen LogP contribution in [0.2, 0.25) is 0 Å². The fraction of sp³-hybridized carbons (Fsp3) is 0.438. The van der Waals surface area contributed by atoms with Gasteiger partial charge in [0.15, 0.2) is 5.78 Å². The third kappa shape index (κ3) is 0.843. The molecule has 3 aliphatic rings. The summed E-state index contributed by atoms with van der Waals surface area (Å²) in [5.74, 6) is 0.375. The summed E-state index contributed by atoms with van der Waals surface area (Å²) < 4.78 is 0. The molecule has 0 heterocycles. The molecule has 0 saturated heterocycles. The summed E-state index contributed by atoms with van der Waals surface area (Å²) in [6, 6.07) is 8.72. The molecule has 0 aliphatic heterocycles. The molecule has 86 valence electrons. The van der Waals surface area contributed by atoms with Gasteiger partial charge in [-0.1, -0.05) is 43.2 Å². The molecule has 3 aliphatic carbocycles. The van der Waals surface area contributed by atoms with Crippen molar-refractivity contribution in [3.63, 3.8) is 0 Å². The van der Waals surface area contributed by atoms with Gasteiger partial charge in [0.05, 0.1) is 0 Å². The lowest BCUT2D eigenvalue weighted by Gasteiger charge is -2.36.